The van der Waals surface area contributed by atoms with E-state index in [1.54, 1.807) is 10.8 Å². The third-order valence-electron chi connectivity index (χ3n) is 4.38. The molecule has 2 atom stereocenters. The van der Waals surface area contributed by atoms with Crippen LogP contribution in [0.15, 0.2) is 70.3 Å². The molecule has 154 valence electrons. The number of carboxylic acid groups (broad SMARTS) is 1. The summed E-state index contributed by atoms with van der Waals surface area (Å²) in [6.07, 6.45) is 3.58. The van der Waals surface area contributed by atoms with Gasteiger partial charge in [-0.05, 0) is 30.3 Å². The molecule has 0 aliphatic carbocycles. The Bertz CT molecular complexity index is 1150. The lowest BCUT2D eigenvalue weighted by atomic mass is 10.1. The van der Waals surface area contributed by atoms with Crippen molar-refractivity contribution >= 4 is 51.6 Å². The maximum absolute atomic E-state index is 12.8. The van der Waals surface area contributed by atoms with Crippen molar-refractivity contribution in [3.63, 3.8) is 0 Å². The van der Waals surface area contributed by atoms with Crippen LogP contribution in [-0.2, 0) is 15.8 Å². The topological polar surface area (TPSA) is 87.5 Å². The van der Waals surface area contributed by atoms with Crippen molar-refractivity contribution in [2.75, 3.05) is 6.54 Å². The number of benzene rings is 2. The average Bonchev–Trinajstić information content (AvgIpc) is 3.25. The van der Waals surface area contributed by atoms with Gasteiger partial charge in [-0.15, -0.1) is 12.6 Å². The van der Waals surface area contributed by atoms with Crippen molar-refractivity contribution in [1.82, 2.24) is 19.4 Å². The van der Waals surface area contributed by atoms with Gasteiger partial charge in [-0.1, -0.05) is 46.3 Å². The molecule has 1 aliphatic rings. The molecule has 1 fully saturated rings. The van der Waals surface area contributed by atoms with Crippen molar-refractivity contribution in [2.24, 2.45) is 0 Å². The highest BCUT2D eigenvalue weighted by Gasteiger charge is 2.34. The summed E-state index contributed by atoms with van der Waals surface area (Å²) in [7, 11) is -1.67. The van der Waals surface area contributed by atoms with Crippen molar-refractivity contribution < 1.29 is 14.1 Å². The molecule has 0 bridgehead atoms. The molecule has 3 aromatic rings. The molecular weight excluding hydrogens is 488 g/mol. The molecule has 10 heteroatoms. The van der Waals surface area contributed by atoms with E-state index in [1.165, 1.54) is 4.31 Å². The molecule has 0 spiro atoms. The Morgan fingerprint density at radius 3 is 2.73 bits per heavy atom. The van der Waals surface area contributed by atoms with Crippen molar-refractivity contribution in [3.8, 4) is 16.9 Å². The van der Waals surface area contributed by atoms with Gasteiger partial charge in [0.05, 0.1) is 5.69 Å². The first-order chi connectivity index (χ1) is 14.4. The van der Waals surface area contributed by atoms with Crippen LogP contribution in [0, 0.1) is 0 Å². The summed E-state index contributed by atoms with van der Waals surface area (Å²) in [4.78, 5) is 11.1. The Morgan fingerprint density at radius 1 is 1.27 bits per heavy atom. The Balaban J connectivity index is 1.79. The molecule has 0 amide bonds. The maximum atomic E-state index is 12.8. The number of hydrogen-bond donors (Lipinski definition) is 3. The normalized spacial score (nSPS) is 20.4. The van der Waals surface area contributed by atoms with E-state index in [9.17, 15) is 9.00 Å². The summed E-state index contributed by atoms with van der Waals surface area (Å²) in [6, 6.07) is 17.4. The van der Waals surface area contributed by atoms with Crippen LogP contribution in [0.4, 0.5) is 0 Å². The molecular formula is C20H17BrN4O3S2. The maximum Gasteiger partial charge on any atom is 0.318 e. The second kappa shape index (κ2) is 8.76. The van der Waals surface area contributed by atoms with Crippen LogP contribution in [-0.4, -0.2) is 41.4 Å². The molecule has 1 saturated heterocycles. The first kappa shape index (κ1) is 20.9. The number of aromatic nitrogens is 2. The number of rotatable bonds is 5. The second-order valence-electron chi connectivity index (χ2n) is 6.47. The number of carbonyl (C=O) groups is 1. The Morgan fingerprint density at radius 2 is 2.03 bits per heavy atom. The molecule has 7 nitrogen and oxygen atoms in total. The number of halogens is 1. The number of carboxylic acids is 1. The van der Waals surface area contributed by atoms with Gasteiger partial charge in [-0.25, -0.2) is 8.89 Å². The van der Waals surface area contributed by atoms with Crippen LogP contribution in [0.25, 0.3) is 23.0 Å². The Kier molecular flexibility index (Phi) is 6.09. The van der Waals surface area contributed by atoms with E-state index in [4.69, 9.17) is 10.2 Å². The molecule has 1 aromatic heterocycles. The Labute approximate surface area is 189 Å². The fraction of sp³-hybridized carbons (Fsp3) is 0.100. The number of thiol groups is 1. The number of nitrogens with one attached hydrogen (secondary N) is 1. The third kappa shape index (κ3) is 4.36. The highest BCUT2D eigenvalue weighted by Crippen LogP contribution is 2.30. The quantitative estimate of drug-likeness (QED) is 0.463. The van der Waals surface area contributed by atoms with Crippen molar-refractivity contribution in [1.29, 1.82) is 0 Å². The van der Waals surface area contributed by atoms with E-state index in [1.807, 2.05) is 60.8 Å². The molecule has 4 rings (SSSR count). The van der Waals surface area contributed by atoms with Crippen LogP contribution in [0.2, 0.25) is 0 Å². The van der Waals surface area contributed by atoms with Gasteiger partial charge in [0.1, 0.15) is 33.8 Å². The number of hydrogen-bond acceptors (Lipinski definition) is 5. The van der Waals surface area contributed by atoms with Gasteiger partial charge < -0.3 is 10.4 Å². The van der Waals surface area contributed by atoms with E-state index < -0.39 is 22.5 Å². The highest BCUT2D eigenvalue weighted by molar-refractivity contribution is 9.10. The van der Waals surface area contributed by atoms with E-state index >= 15 is 0 Å². The summed E-state index contributed by atoms with van der Waals surface area (Å²) < 4.78 is 16.7. The van der Waals surface area contributed by atoms with Gasteiger partial charge in [-0.2, -0.15) is 9.40 Å². The fourth-order valence-corrected chi connectivity index (χ4v) is 5.16. The lowest BCUT2D eigenvalue weighted by Gasteiger charge is -2.13. The van der Waals surface area contributed by atoms with E-state index in [2.05, 4.69) is 33.9 Å². The number of aliphatic carboxylic acids is 1. The van der Waals surface area contributed by atoms with Crippen LogP contribution in [0.5, 0.6) is 0 Å². The average molecular weight is 505 g/mol. The minimum Gasteiger partial charge on any atom is -0.480 e. The smallest absolute Gasteiger partial charge is 0.318 e. The molecule has 2 unspecified atom stereocenters. The summed E-state index contributed by atoms with van der Waals surface area (Å²) in [5.41, 5.74) is 2.56. The van der Waals surface area contributed by atoms with Crippen molar-refractivity contribution in [3.05, 3.63) is 75.9 Å². The molecule has 1 aliphatic heterocycles. The largest absolute Gasteiger partial charge is 0.480 e. The second-order valence-corrected chi connectivity index (χ2v) is 9.28. The molecule has 0 radical (unpaired) electrons. The monoisotopic (exact) mass is 504 g/mol. The number of para-hydroxylation sites is 1. The lowest BCUT2D eigenvalue weighted by Crippen LogP contribution is -2.34. The highest BCUT2D eigenvalue weighted by atomic mass is 79.9. The van der Waals surface area contributed by atoms with E-state index in [-0.39, 0.29) is 6.54 Å². The predicted molar refractivity (Wildman–Crippen MR) is 123 cm³/mol. The Hall–Kier alpha value is -2.40. The first-order valence-corrected chi connectivity index (χ1v) is 11.3. The number of nitrogens with zero attached hydrogens (tertiary/aromatic N) is 3. The van der Waals surface area contributed by atoms with Gasteiger partial charge >= 0.3 is 5.97 Å². The van der Waals surface area contributed by atoms with Gasteiger partial charge in [0, 0.05) is 21.8 Å². The van der Waals surface area contributed by atoms with Gasteiger partial charge in [0.15, 0.2) is 0 Å². The van der Waals surface area contributed by atoms with Crippen molar-refractivity contribution in [2.45, 2.75) is 5.50 Å². The summed E-state index contributed by atoms with van der Waals surface area (Å²) in [5, 5.41) is 17.2. The zero-order valence-corrected chi connectivity index (χ0v) is 18.8. The van der Waals surface area contributed by atoms with Gasteiger partial charge in [0.25, 0.3) is 0 Å². The minimum atomic E-state index is -1.67. The molecule has 2 heterocycles. The van der Waals surface area contributed by atoms with Gasteiger partial charge in [0.2, 0.25) is 0 Å². The first-order valence-electron chi connectivity index (χ1n) is 8.90. The van der Waals surface area contributed by atoms with Crippen LogP contribution in [0.1, 0.15) is 5.56 Å². The van der Waals surface area contributed by atoms with Crippen LogP contribution in [0.3, 0.4) is 0 Å². The fourth-order valence-electron chi connectivity index (χ4n) is 3.04. The molecule has 2 N–H and O–H groups in total. The van der Waals surface area contributed by atoms with Crippen LogP contribution < -0.4 is 5.32 Å². The van der Waals surface area contributed by atoms with Gasteiger partial charge in [-0.3, -0.25) is 4.79 Å². The van der Waals surface area contributed by atoms with E-state index in [0.717, 1.165) is 21.3 Å². The lowest BCUT2D eigenvalue weighted by molar-refractivity contribution is -0.137. The minimum absolute atomic E-state index is 0.375. The van der Waals surface area contributed by atoms with Crippen LogP contribution >= 0.6 is 28.6 Å². The zero-order valence-electron chi connectivity index (χ0n) is 15.5. The molecule has 2 aromatic carbocycles. The summed E-state index contributed by atoms with van der Waals surface area (Å²) in [6.45, 7) is -0.382. The zero-order chi connectivity index (χ0) is 21.3. The summed E-state index contributed by atoms with van der Waals surface area (Å²) in [5.74, 6) is -1.07. The molecule has 30 heavy (non-hydrogen) atoms. The van der Waals surface area contributed by atoms with E-state index in [0.29, 0.717) is 10.7 Å². The predicted octanol–water partition coefficient (Wildman–Crippen LogP) is 3.47. The summed E-state index contributed by atoms with van der Waals surface area (Å²) >= 11 is 7.80. The SMILES string of the molecule is O=C(O)CN1C(S)N/C(=C/c2cn(-c3ccccc3)nc2-c2cccc(Br)c2)S1=O. The standard InChI is InChI=1S/C20H17BrN4O3S2/c21-15-6-4-5-13(9-15)19-14(11-24(23-19)16-7-2-1-3-8-16)10-17-22-20(29)25(30(17)28)12-18(26)27/h1-11,20,22,29H,12H2,(H,26,27)/b17-10-. The molecule has 0 saturated carbocycles. The third-order valence-corrected chi connectivity index (χ3v) is 6.82.